The summed E-state index contributed by atoms with van der Waals surface area (Å²) < 4.78 is 6.13. The molecule has 2 aliphatic rings. The van der Waals surface area contributed by atoms with E-state index in [0.29, 0.717) is 44.3 Å². The van der Waals surface area contributed by atoms with E-state index in [4.69, 9.17) is 51.1 Å². The third-order valence-electron chi connectivity index (χ3n) is 4.79. The number of hydrogen-bond donors (Lipinski definition) is 1. The van der Waals surface area contributed by atoms with Crippen LogP contribution in [0.3, 0.4) is 0 Å². The lowest BCUT2D eigenvalue weighted by molar-refractivity contribution is -0.118. The Morgan fingerprint density at radius 3 is 2.15 bits per heavy atom. The lowest BCUT2D eigenvalue weighted by Gasteiger charge is -2.38. The molecule has 0 spiro atoms. The van der Waals surface area contributed by atoms with E-state index >= 15 is 0 Å². The van der Waals surface area contributed by atoms with E-state index in [2.05, 4.69) is 5.32 Å². The highest BCUT2D eigenvalue weighted by atomic mass is 35.5. The summed E-state index contributed by atoms with van der Waals surface area (Å²) in [6.07, 6.45) is 1.44. The van der Waals surface area contributed by atoms with Gasteiger partial charge in [0.05, 0.1) is 16.6 Å². The first kappa shape index (κ1) is 19.1. The Bertz CT molecular complexity index is 957. The molecule has 2 aromatic carbocycles. The topological polar surface area (TPSA) is 38.3 Å². The Balaban J connectivity index is 1.81. The minimum Gasteiger partial charge on any atom is -0.475 e. The number of ketones is 1. The Labute approximate surface area is 177 Å². The van der Waals surface area contributed by atoms with Crippen molar-refractivity contribution < 1.29 is 9.53 Å². The van der Waals surface area contributed by atoms with Gasteiger partial charge < -0.3 is 4.74 Å². The molecule has 7 heteroatoms. The summed E-state index contributed by atoms with van der Waals surface area (Å²) in [5, 5.41) is 5.45. The van der Waals surface area contributed by atoms with E-state index in [9.17, 15) is 4.79 Å². The molecule has 1 aliphatic heterocycles. The van der Waals surface area contributed by atoms with Crippen molar-refractivity contribution in [3.8, 4) is 0 Å². The molecule has 0 amide bonds. The zero-order valence-electron chi connectivity index (χ0n) is 14.1. The van der Waals surface area contributed by atoms with Gasteiger partial charge in [0.2, 0.25) is 0 Å². The zero-order chi connectivity index (χ0) is 19.1. The van der Waals surface area contributed by atoms with Crippen LogP contribution in [0.1, 0.15) is 42.7 Å². The Hall–Kier alpha value is -1.23. The van der Waals surface area contributed by atoms with Crippen molar-refractivity contribution in [1.29, 1.82) is 0 Å². The highest BCUT2D eigenvalue weighted by Crippen LogP contribution is 2.43. The number of carbonyl (C=O) groups excluding carboxylic acids is 1. The van der Waals surface area contributed by atoms with Gasteiger partial charge in [-0.05, 0) is 36.2 Å². The van der Waals surface area contributed by atoms with E-state index in [0.717, 1.165) is 17.5 Å². The maximum Gasteiger partial charge on any atom is 0.178 e. The largest absolute Gasteiger partial charge is 0.475 e. The maximum absolute atomic E-state index is 12.7. The number of rotatable bonds is 2. The minimum atomic E-state index is -0.517. The summed E-state index contributed by atoms with van der Waals surface area (Å²) >= 11 is 24.9. The van der Waals surface area contributed by atoms with Crippen molar-refractivity contribution in [1.82, 2.24) is 5.32 Å². The fourth-order valence-electron chi connectivity index (χ4n) is 3.54. The van der Waals surface area contributed by atoms with Crippen LogP contribution in [0.5, 0.6) is 0 Å². The number of ether oxygens (including phenoxy) is 1. The smallest absolute Gasteiger partial charge is 0.178 e. The highest BCUT2D eigenvalue weighted by Gasteiger charge is 2.38. The van der Waals surface area contributed by atoms with Gasteiger partial charge in [-0.1, -0.05) is 58.5 Å². The number of Topliss-reactive ketones (excluding diaryl/α,β-unsaturated/α-hetero) is 1. The molecule has 0 radical (unpaired) electrons. The SMILES string of the molecule is O=C1CCCC2=C1C(c1ccc(Cl)cc1Cl)NC(c1ccc(Cl)cc1Cl)O2. The lowest BCUT2D eigenvalue weighted by atomic mass is 9.86. The second kappa shape index (κ2) is 7.65. The summed E-state index contributed by atoms with van der Waals surface area (Å²) in [7, 11) is 0. The van der Waals surface area contributed by atoms with E-state index in [-0.39, 0.29) is 5.78 Å². The third-order valence-corrected chi connectivity index (χ3v) is 5.92. The summed E-state index contributed by atoms with van der Waals surface area (Å²) in [4.78, 5) is 12.7. The summed E-state index contributed by atoms with van der Waals surface area (Å²) in [5.74, 6) is 0.762. The minimum absolute atomic E-state index is 0.0698. The number of carbonyl (C=O) groups is 1. The van der Waals surface area contributed by atoms with Gasteiger partial charge in [0.25, 0.3) is 0 Å². The van der Waals surface area contributed by atoms with Crippen LogP contribution in [0, 0.1) is 0 Å². The number of benzene rings is 2. The van der Waals surface area contributed by atoms with Crippen molar-refractivity contribution in [3.63, 3.8) is 0 Å². The molecular formula is C20H15Cl4NO2. The number of hydrogen-bond acceptors (Lipinski definition) is 3. The predicted octanol–water partition coefficient (Wildman–Crippen LogP) is 6.67. The molecule has 2 atom stereocenters. The van der Waals surface area contributed by atoms with Crippen LogP contribution in [0.2, 0.25) is 20.1 Å². The molecule has 2 unspecified atom stereocenters. The molecule has 0 saturated heterocycles. The molecule has 1 N–H and O–H groups in total. The molecule has 4 rings (SSSR count). The number of halogens is 4. The van der Waals surface area contributed by atoms with Gasteiger partial charge in [-0.15, -0.1) is 0 Å². The maximum atomic E-state index is 12.7. The van der Waals surface area contributed by atoms with Crippen molar-refractivity contribution in [2.24, 2.45) is 0 Å². The Morgan fingerprint density at radius 1 is 0.889 bits per heavy atom. The first-order valence-corrected chi connectivity index (χ1v) is 10.0. The summed E-state index contributed by atoms with van der Waals surface area (Å²) in [5.41, 5.74) is 2.16. The number of allylic oxidation sites excluding steroid dienone is 1. The highest BCUT2D eigenvalue weighted by molar-refractivity contribution is 6.35. The lowest BCUT2D eigenvalue weighted by Crippen LogP contribution is -2.38. The quantitative estimate of drug-likeness (QED) is 0.564. The first-order chi connectivity index (χ1) is 12.9. The second-order valence-electron chi connectivity index (χ2n) is 6.54. The molecule has 140 valence electrons. The molecule has 1 aliphatic carbocycles. The normalized spacial score (nSPS) is 22.4. The van der Waals surface area contributed by atoms with Crippen LogP contribution in [0.15, 0.2) is 47.7 Å². The van der Waals surface area contributed by atoms with E-state index < -0.39 is 12.3 Å². The van der Waals surface area contributed by atoms with Crippen molar-refractivity contribution in [2.75, 3.05) is 0 Å². The van der Waals surface area contributed by atoms with Gasteiger partial charge >= 0.3 is 0 Å². The average Bonchev–Trinajstić information content (AvgIpc) is 2.61. The molecule has 2 aromatic rings. The molecular weight excluding hydrogens is 428 g/mol. The molecule has 27 heavy (non-hydrogen) atoms. The third kappa shape index (κ3) is 3.72. The van der Waals surface area contributed by atoms with Crippen LogP contribution >= 0.6 is 46.4 Å². The predicted molar refractivity (Wildman–Crippen MR) is 109 cm³/mol. The molecule has 3 nitrogen and oxygen atoms in total. The van der Waals surface area contributed by atoms with Crippen LogP contribution in [0.4, 0.5) is 0 Å². The Kier molecular flexibility index (Phi) is 5.41. The molecule has 1 heterocycles. The fourth-order valence-corrected chi connectivity index (χ4v) is 4.56. The van der Waals surface area contributed by atoms with Crippen LogP contribution < -0.4 is 5.32 Å². The Morgan fingerprint density at radius 2 is 1.52 bits per heavy atom. The second-order valence-corrected chi connectivity index (χ2v) is 8.23. The first-order valence-electron chi connectivity index (χ1n) is 8.53. The molecule has 0 aromatic heterocycles. The van der Waals surface area contributed by atoms with Gasteiger partial charge in [0, 0.05) is 33.5 Å². The van der Waals surface area contributed by atoms with E-state index in [1.807, 2.05) is 12.1 Å². The van der Waals surface area contributed by atoms with Crippen LogP contribution in [0.25, 0.3) is 0 Å². The van der Waals surface area contributed by atoms with Crippen LogP contribution in [-0.4, -0.2) is 5.78 Å². The molecule has 0 bridgehead atoms. The van der Waals surface area contributed by atoms with Gasteiger partial charge in [-0.3, -0.25) is 10.1 Å². The monoisotopic (exact) mass is 441 g/mol. The van der Waals surface area contributed by atoms with E-state index in [1.54, 1.807) is 24.3 Å². The molecule has 0 saturated carbocycles. The standard InChI is InChI=1S/C20H15Cl4NO2/c21-10-4-6-12(14(23)8-10)19-18-16(26)2-1-3-17(18)27-20(25-19)13-7-5-11(22)9-15(13)24/h4-9,19-20,25H,1-3H2. The van der Waals surface area contributed by atoms with Crippen molar-refractivity contribution in [2.45, 2.75) is 31.5 Å². The van der Waals surface area contributed by atoms with E-state index in [1.165, 1.54) is 0 Å². The van der Waals surface area contributed by atoms with Gasteiger partial charge in [-0.25, -0.2) is 0 Å². The van der Waals surface area contributed by atoms with Gasteiger partial charge in [-0.2, -0.15) is 0 Å². The summed E-state index contributed by atoms with van der Waals surface area (Å²) in [6, 6.07) is 10.1. The van der Waals surface area contributed by atoms with Gasteiger partial charge in [0.15, 0.2) is 12.0 Å². The number of nitrogens with one attached hydrogen (secondary N) is 1. The van der Waals surface area contributed by atoms with Gasteiger partial charge in [0.1, 0.15) is 5.76 Å². The van der Waals surface area contributed by atoms with Crippen molar-refractivity contribution >= 4 is 52.2 Å². The fraction of sp³-hybridized carbons (Fsp3) is 0.250. The van der Waals surface area contributed by atoms with Crippen LogP contribution in [-0.2, 0) is 9.53 Å². The zero-order valence-corrected chi connectivity index (χ0v) is 17.1. The van der Waals surface area contributed by atoms with Crippen molar-refractivity contribution in [3.05, 3.63) is 78.9 Å². The average molecular weight is 443 g/mol. The molecule has 0 fully saturated rings. The summed E-state index contributed by atoms with van der Waals surface area (Å²) in [6.45, 7) is 0.